The Balaban J connectivity index is 1.68. The SMILES string of the molecule is FC(F)(F)c1ccn(CCNCC2CCOC2)n1. The smallest absolute Gasteiger partial charge is 0.381 e. The van der Waals surface area contributed by atoms with Gasteiger partial charge < -0.3 is 10.1 Å². The second-order valence-electron chi connectivity index (χ2n) is 4.40. The van der Waals surface area contributed by atoms with Crippen LogP contribution in [0.3, 0.4) is 0 Å². The minimum absolute atomic E-state index is 0.434. The van der Waals surface area contributed by atoms with E-state index in [1.807, 2.05) is 0 Å². The summed E-state index contributed by atoms with van der Waals surface area (Å²) in [6.45, 7) is 3.46. The fraction of sp³-hybridized carbons (Fsp3) is 0.727. The van der Waals surface area contributed by atoms with Crippen LogP contribution >= 0.6 is 0 Å². The van der Waals surface area contributed by atoms with Crippen LogP contribution in [0, 0.1) is 5.92 Å². The van der Waals surface area contributed by atoms with Crippen LogP contribution in [-0.4, -0.2) is 36.1 Å². The maximum atomic E-state index is 12.3. The Hall–Kier alpha value is -1.08. The number of halogens is 3. The minimum atomic E-state index is -4.36. The van der Waals surface area contributed by atoms with Gasteiger partial charge in [-0.3, -0.25) is 4.68 Å². The first-order valence-corrected chi connectivity index (χ1v) is 5.95. The second kappa shape index (κ2) is 5.71. The molecule has 1 unspecified atom stereocenters. The molecule has 0 spiro atoms. The Morgan fingerprint density at radius 1 is 1.50 bits per heavy atom. The molecule has 102 valence electrons. The molecule has 0 amide bonds. The van der Waals surface area contributed by atoms with Crippen molar-refractivity contribution in [3.05, 3.63) is 18.0 Å². The van der Waals surface area contributed by atoms with E-state index in [-0.39, 0.29) is 0 Å². The Morgan fingerprint density at radius 2 is 2.33 bits per heavy atom. The van der Waals surface area contributed by atoms with Gasteiger partial charge in [-0.25, -0.2) is 0 Å². The first kappa shape index (κ1) is 13.4. The van der Waals surface area contributed by atoms with E-state index in [1.54, 1.807) is 0 Å². The summed E-state index contributed by atoms with van der Waals surface area (Å²) in [4.78, 5) is 0. The predicted octanol–water partition coefficient (Wildman–Crippen LogP) is 1.53. The molecular weight excluding hydrogens is 247 g/mol. The lowest BCUT2D eigenvalue weighted by molar-refractivity contribution is -0.141. The van der Waals surface area contributed by atoms with Crippen LogP contribution in [0.1, 0.15) is 12.1 Å². The summed E-state index contributed by atoms with van der Waals surface area (Å²) in [5.74, 6) is 0.522. The predicted molar refractivity (Wildman–Crippen MR) is 59.0 cm³/mol. The number of alkyl halides is 3. The topological polar surface area (TPSA) is 39.1 Å². The number of rotatable bonds is 5. The molecule has 1 N–H and O–H groups in total. The van der Waals surface area contributed by atoms with Crippen LogP contribution in [0.5, 0.6) is 0 Å². The van der Waals surface area contributed by atoms with Gasteiger partial charge in [-0.2, -0.15) is 18.3 Å². The summed E-state index contributed by atoms with van der Waals surface area (Å²) >= 11 is 0. The summed E-state index contributed by atoms with van der Waals surface area (Å²) < 4.78 is 43.4. The molecule has 2 heterocycles. The van der Waals surface area contributed by atoms with Gasteiger partial charge in [0, 0.05) is 25.9 Å². The van der Waals surface area contributed by atoms with Gasteiger partial charge in [0.05, 0.1) is 13.2 Å². The standard InChI is InChI=1S/C11H16F3N3O/c12-11(13,14)10-1-4-17(16-10)5-3-15-7-9-2-6-18-8-9/h1,4,9,15H,2-3,5-8H2. The fourth-order valence-corrected chi connectivity index (χ4v) is 1.88. The Labute approximate surface area is 103 Å². The van der Waals surface area contributed by atoms with Crippen molar-refractivity contribution in [3.8, 4) is 0 Å². The van der Waals surface area contributed by atoms with E-state index >= 15 is 0 Å². The lowest BCUT2D eigenvalue weighted by Crippen LogP contribution is -2.26. The molecule has 1 aromatic rings. The van der Waals surface area contributed by atoms with E-state index in [0.717, 1.165) is 32.2 Å². The van der Waals surface area contributed by atoms with E-state index in [1.165, 1.54) is 10.9 Å². The summed E-state index contributed by atoms with van der Waals surface area (Å²) in [7, 11) is 0. The Morgan fingerprint density at radius 3 is 2.94 bits per heavy atom. The minimum Gasteiger partial charge on any atom is -0.381 e. The number of aromatic nitrogens is 2. The molecule has 1 saturated heterocycles. The maximum absolute atomic E-state index is 12.3. The third-order valence-corrected chi connectivity index (χ3v) is 2.91. The van der Waals surface area contributed by atoms with Gasteiger partial charge in [-0.1, -0.05) is 0 Å². The zero-order chi connectivity index (χ0) is 13.0. The highest BCUT2D eigenvalue weighted by atomic mass is 19.4. The van der Waals surface area contributed by atoms with Crippen molar-refractivity contribution in [2.45, 2.75) is 19.1 Å². The highest BCUT2D eigenvalue weighted by Gasteiger charge is 2.33. The third kappa shape index (κ3) is 3.71. The van der Waals surface area contributed by atoms with Gasteiger partial charge in [0.25, 0.3) is 0 Å². The zero-order valence-electron chi connectivity index (χ0n) is 9.91. The van der Waals surface area contributed by atoms with Gasteiger partial charge in [0.15, 0.2) is 5.69 Å². The van der Waals surface area contributed by atoms with Crippen molar-refractivity contribution >= 4 is 0 Å². The summed E-state index contributed by atoms with van der Waals surface area (Å²) in [6, 6.07) is 0.991. The van der Waals surface area contributed by atoms with Gasteiger partial charge in [0.1, 0.15) is 0 Å². The molecule has 18 heavy (non-hydrogen) atoms. The summed E-state index contributed by atoms with van der Waals surface area (Å²) in [5.41, 5.74) is -0.841. The van der Waals surface area contributed by atoms with E-state index in [0.29, 0.717) is 19.0 Å². The largest absolute Gasteiger partial charge is 0.435 e. The van der Waals surface area contributed by atoms with Crippen molar-refractivity contribution in [3.63, 3.8) is 0 Å². The highest BCUT2D eigenvalue weighted by Crippen LogP contribution is 2.27. The summed E-state index contributed by atoms with van der Waals surface area (Å²) in [6.07, 6.45) is -1.96. The average molecular weight is 263 g/mol. The highest BCUT2D eigenvalue weighted by molar-refractivity contribution is 5.03. The first-order valence-electron chi connectivity index (χ1n) is 5.95. The van der Waals surface area contributed by atoms with Crippen molar-refractivity contribution < 1.29 is 17.9 Å². The first-order chi connectivity index (χ1) is 8.55. The van der Waals surface area contributed by atoms with E-state index in [9.17, 15) is 13.2 Å². The molecule has 1 aromatic heterocycles. The fourth-order valence-electron chi connectivity index (χ4n) is 1.88. The normalized spacial score (nSPS) is 20.5. The van der Waals surface area contributed by atoms with E-state index < -0.39 is 11.9 Å². The van der Waals surface area contributed by atoms with Crippen LogP contribution in [0.25, 0.3) is 0 Å². The average Bonchev–Trinajstić information content (AvgIpc) is 2.95. The van der Waals surface area contributed by atoms with E-state index in [4.69, 9.17) is 4.74 Å². The molecule has 0 aliphatic carbocycles. The van der Waals surface area contributed by atoms with Crippen molar-refractivity contribution in [1.82, 2.24) is 15.1 Å². The van der Waals surface area contributed by atoms with Crippen LogP contribution in [-0.2, 0) is 17.5 Å². The van der Waals surface area contributed by atoms with Gasteiger partial charge in [-0.05, 0) is 18.4 Å². The zero-order valence-corrected chi connectivity index (χ0v) is 9.91. The van der Waals surface area contributed by atoms with Gasteiger partial charge >= 0.3 is 6.18 Å². The molecule has 2 rings (SSSR count). The second-order valence-corrected chi connectivity index (χ2v) is 4.40. The third-order valence-electron chi connectivity index (χ3n) is 2.91. The molecule has 0 aromatic carbocycles. The van der Waals surface area contributed by atoms with Gasteiger partial charge in [0.2, 0.25) is 0 Å². The molecule has 4 nitrogen and oxygen atoms in total. The molecule has 0 saturated carbocycles. The van der Waals surface area contributed by atoms with Gasteiger partial charge in [-0.15, -0.1) is 0 Å². The van der Waals surface area contributed by atoms with Crippen molar-refractivity contribution in [2.24, 2.45) is 5.92 Å². The Kier molecular flexibility index (Phi) is 4.23. The lowest BCUT2D eigenvalue weighted by atomic mass is 10.1. The summed E-state index contributed by atoms with van der Waals surface area (Å²) in [5, 5.41) is 6.68. The molecule has 0 radical (unpaired) electrons. The van der Waals surface area contributed by atoms with Crippen LogP contribution in [0.2, 0.25) is 0 Å². The van der Waals surface area contributed by atoms with Crippen LogP contribution in [0.15, 0.2) is 12.3 Å². The quantitative estimate of drug-likeness (QED) is 0.819. The molecular formula is C11H16F3N3O. The molecule has 0 bridgehead atoms. The molecule has 7 heteroatoms. The number of hydrogen-bond acceptors (Lipinski definition) is 3. The Bertz CT molecular complexity index is 372. The number of nitrogens with zero attached hydrogens (tertiary/aromatic N) is 2. The van der Waals surface area contributed by atoms with E-state index in [2.05, 4.69) is 10.4 Å². The van der Waals surface area contributed by atoms with Crippen molar-refractivity contribution in [2.75, 3.05) is 26.3 Å². The van der Waals surface area contributed by atoms with Crippen molar-refractivity contribution in [1.29, 1.82) is 0 Å². The number of ether oxygens (including phenoxy) is 1. The van der Waals surface area contributed by atoms with Crippen LogP contribution < -0.4 is 5.32 Å². The lowest BCUT2D eigenvalue weighted by Gasteiger charge is -2.09. The number of nitrogens with one attached hydrogen (secondary N) is 1. The molecule has 1 aliphatic rings. The maximum Gasteiger partial charge on any atom is 0.435 e. The number of hydrogen-bond donors (Lipinski definition) is 1. The molecule has 1 fully saturated rings. The van der Waals surface area contributed by atoms with Crippen LogP contribution in [0.4, 0.5) is 13.2 Å². The monoisotopic (exact) mass is 263 g/mol. The molecule has 1 aliphatic heterocycles. The molecule has 1 atom stereocenters.